The Morgan fingerprint density at radius 2 is 1.85 bits per heavy atom. The van der Waals surface area contributed by atoms with Crippen molar-refractivity contribution in [2.24, 2.45) is 0 Å². The van der Waals surface area contributed by atoms with Gasteiger partial charge in [0.1, 0.15) is 11.0 Å². The standard InChI is InChI=1S/C19H22F3N5O5S/c1-12(33(30,31)11-13-3-5-14(32-2)6-4-13)17(29)23-9-16(28)26-7-8-27-15(10-26)24-25-18(27)19(20,21)22/h3-6,12H,7-11H2,1-2H3,(H,23,29). The van der Waals surface area contributed by atoms with Gasteiger partial charge in [0, 0.05) is 13.1 Å². The lowest BCUT2D eigenvalue weighted by atomic mass is 10.2. The van der Waals surface area contributed by atoms with Crippen LogP contribution in [0.4, 0.5) is 13.2 Å². The first-order chi connectivity index (χ1) is 15.4. The molecule has 0 aliphatic carbocycles. The van der Waals surface area contributed by atoms with Crippen LogP contribution in [-0.2, 0) is 44.4 Å². The van der Waals surface area contributed by atoms with Crippen LogP contribution >= 0.6 is 0 Å². The summed E-state index contributed by atoms with van der Waals surface area (Å²) in [4.78, 5) is 26.0. The van der Waals surface area contributed by atoms with Gasteiger partial charge in [-0.2, -0.15) is 13.2 Å². The second-order valence-corrected chi connectivity index (χ2v) is 9.74. The summed E-state index contributed by atoms with van der Waals surface area (Å²) in [7, 11) is -2.38. The average molecular weight is 489 g/mol. The first-order valence-electron chi connectivity index (χ1n) is 9.81. The predicted molar refractivity (Wildman–Crippen MR) is 109 cm³/mol. The summed E-state index contributed by atoms with van der Waals surface area (Å²) < 4.78 is 69.8. The number of nitrogens with one attached hydrogen (secondary N) is 1. The van der Waals surface area contributed by atoms with Crippen LogP contribution in [0.1, 0.15) is 24.1 Å². The van der Waals surface area contributed by atoms with Crippen molar-refractivity contribution in [3.8, 4) is 5.75 Å². The number of aromatic nitrogens is 3. The topological polar surface area (TPSA) is 123 Å². The molecule has 1 unspecified atom stereocenters. The minimum Gasteiger partial charge on any atom is -0.497 e. The largest absolute Gasteiger partial charge is 0.497 e. The highest BCUT2D eigenvalue weighted by Gasteiger charge is 2.40. The highest BCUT2D eigenvalue weighted by Crippen LogP contribution is 2.29. The Labute approximate surface area is 187 Å². The number of hydrogen-bond acceptors (Lipinski definition) is 7. The van der Waals surface area contributed by atoms with Crippen molar-refractivity contribution < 1.29 is 35.9 Å². The molecule has 1 atom stereocenters. The van der Waals surface area contributed by atoms with Crippen molar-refractivity contribution in [1.82, 2.24) is 25.0 Å². The fraction of sp³-hybridized carbons (Fsp3) is 0.474. The van der Waals surface area contributed by atoms with E-state index in [1.165, 1.54) is 18.9 Å². The van der Waals surface area contributed by atoms with Gasteiger partial charge in [-0.25, -0.2) is 8.42 Å². The number of halogens is 3. The van der Waals surface area contributed by atoms with Crippen molar-refractivity contribution in [3.63, 3.8) is 0 Å². The molecule has 2 aromatic rings. The number of amides is 2. The number of alkyl halides is 3. The van der Waals surface area contributed by atoms with Gasteiger partial charge in [-0.3, -0.25) is 9.59 Å². The molecular weight excluding hydrogens is 467 g/mol. The quantitative estimate of drug-likeness (QED) is 0.609. The molecule has 1 aliphatic rings. The second-order valence-electron chi connectivity index (χ2n) is 7.42. The number of methoxy groups -OCH3 is 1. The van der Waals surface area contributed by atoms with Crippen LogP contribution in [0.3, 0.4) is 0 Å². The maximum Gasteiger partial charge on any atom is 0.451 e. The first kappa shape index (κ1) is 24.5. The van der Waals surface area contributed by atoms with Crippen LogP contribution in [0.25, 0.3) is 0 Å². The van der Waals surface area contributed by atoms with Crippen LogP contribution in [0.15, 0.2) is 24.3 Å². The van der Waals surface area contributed by atoms with Gasteiger partial charge in [0.2, 0.25) is 17.6 Å². The van der Waals surface area contributed by atoms with E-state index in [2.05, 4.69) is 15.5 Å². The summed E-state index contributed by atoms with van der Waals surface area (Å²) in [5, 5.41) is 7.50. The number of hydrogen-bond donors (Lipinski definition) is 1. The summed E-state index contributed by atoms with van der Waals surface area (Å²) in [5.41, 5.74) is 0.474. The Morgan fingerprint density at radius 3 is 2.45 bits per heavy atom. The number of benzene rings is 1. The third kappa shape index (κ3) is 5.61. The SMILES string of the molecule is COc1ccc(CS(=O)(=O)C(C)C(=O)NCC(=O)N2CCn3c(nnc3C(F)(F)F)C2)cc1. The lowest BCUT2D eigenvalue weighted by Gasteiger charge is -2.28. The van der Waals surface area contributed by atoms with E-state index in [0.717, 1.165) is 4.57 Å². The minimum atomic E-state index is -4.65. The normalized spacial score (nSPS) is 15.0. The molecule has 0 saturated heterocycles. The van der Waals surface area contributed by atoms with Crippen molar-refractivity contribution in [1.29, 1.82) is 0 Å². The van der Waals surface area contributed by atoms with Gasteiger partial charge in [-0.15, -0.1) is 10.2 Å². The molecule has 10 nitrogen and oxygen atoms in total. The smallest absolute Gasteiger partial charge is 0.451 e. The zero-order valence-corrected chi connectivity index (χ0v) is 18.6. The number of sulfone groups is 1. The summed E-state index contributed by atoms with van der Waals surface area (Å²) in [6.45, 7) is 0.336. The van der Waals surface area contributed by atoms with Crippen LogP contribution in [0, 0.1) is 0 Å². The summed E-state index contributed by atoms with van der Waals surface area (Å²) in [5.74, 6) is -2.39. The maximum absolute atomic E-state index is 12.9. The molecule has 0 bridgehead atoms. The number of carbonyl (C=O) groups is 2. The average Bonchev–Trinajstić information content (AvgIpc) is 3.20. The van der Waals surface area contributed by atoms with Gasteiger partial charge in [0.15, 0.2) is 15.7 Å². The van der Waals surface area contributed by atoms with E-state index < -0.39 is 45.4 Å². The third-order valence-electron chi connectivity index (χ3n) is 5.21. The van der Waals surface area contributed by atoms with E-state index in [1.807, 2.05) is 0 Å². The Morgan fingerprint density at radius 1 is 1.18 bits per heavy atom. The van der Waals surface area contributed by atoms with Crippen LogP contribution < -0.4 is 10.1 Å². The Kier molecular flexibility index (Phi) is 6.95. The molecule has 2 heterocycles. The molecule has 1 aliphatic heterocycles. The van der Waals surface area contributed by atoms with E-state index in [9.17, 15) is 31.2 Å². The lowest BCUT2D eigenvalue weighted by molar-refractivity contribution is -0.148. The summed E-state index contributed by atoms with van der Waals surface area (Å²) >= 11 is 0. The van der Waals surface area contributed by atoms with E-state index in [1.54, 1.807) is 24.3 Å². The molecule has 3 rings (SSSR count). The minimum absolute atomic E-state index is 0.0244. The fourth-order valence-corrected chi connectivity index (χ4v) is 4.56. The summed E-state index contributed by atoms with van der Waals surface area (Å²) in [6.07, 6.45) is -4.65. The van der Waals surface area contributed by atoms with Gasteiger partial charge in [-0.05, 0) is 24.6 Å². The van der Waals surface area contributed by atoms with E-state index in [-0.39, 0.29) is 31.2 Å². The Balaban J connectivity index is 1.55. The highest BCUT2D eigenvalue weighted by molar-refractivity contribution is 7.92. The molecule has 0 spiro atoms. The molecule has 0 radical (unpaired) electrons. The van der Waals surface area contributed by atoms with Gasteiger partial charge in [0.05, 0.1) is 26.0 Å². The van der Waals surface area contributed by atoms with Gasteiger partial charge >= 0.3 is 6.18 Å². The molecule has 14 heteroatoms. The van der Waals surface area contributed by atoms with Crippen LogP contribution in [-0.4, -0.2) is 65.3 Å². The molecule has 1 aromatic heterocycles. The van der Waals surface area contributed by atoms with Gasteiger partial charge in [-0.1, -0.05) is 12.1 Å². The van der Waals surface area contributed by atoms with Crippen molar-refractivity contribution in [2.75, 3.05) is 20.2 Å². The monoisotopic (exact) mass is 489 g/mol. The zero-order valence-electron chi connectivity index (χ0n) is 17.8. The molecule has 0 saturated carbocycles. The van der Waals surface area contributed by atoms with Crippen molar-refractivity contribution in [3.05, 3.63) is 41.5 Å². The fourth-order valence-electron chi connectivity index (χ4n) is 3.24. The lowest BCUT2D eigenvalue weighted by Crippen LogP contribution is -2.47. The molecule has 1 N–H and O–H groups in total. The molecular formula is C19H22F3N5O5S. The number of carbonyl (C=O) groups excluding carboxylic acids is 2. The van der Waals surface area contributed by atoms with Crippen molar-refractivity contribution in [2.45, 2.75) is 37.2 Å². The number of nitrogens with zero attached hydrogens (tertiary/aromatic N) is 4. The number of ether oxygens (including phenoxy) is 1. The maximum atomic E-state index is 12.9. The predicted octanol–water partition coefficient (Wildman–Crippen LogP) is 0.767. The van der Waals surface area contributed by atoms with Crippen molar-refractivity contribution >= 4 is 21.7 Å². The third-order valence-corrected chi connectivity index (χ3v) is 7.24. The molecule has 2 amide bonds. The first-order valence-corrected chi connectivity index (χ1v) is 11.5. The Hall–Kier alpha value is -3.16. The van der Waals surface area contributed by atoms with E-state index >= 15 is 0 Å². The summed E-state index contributed by atoms with van der Waals surface area (Å²) in [6, 6.07) is 6.35. The zero-order chi connectivity index (χ0) is 24.4. The highest BCUT2D eigenvalue weighted by atomic mass is 32.2. The molecule has 180 valence electrons. The molecule has 33 heavy (non-hydrogen) atoms. The van der Waals surface area contributed by atoms with Gasteiger partial charge < -0.3 is 19.5 Å². The van der Waals surface area contributed by atoms with Gasteiger partial charge in [0.25, 0.3) is 0 Å². The van der Waals surface area contributed by atoms with E-state index in [0.29, 0.717) is 11.3 Å². The number of fused-ring (bicyclic) bond motifs is 1. The number of rotatable bonds is 7. The Bertz CT molecular complexity index is 1130. The van der Waals surface area contributed by atoms with E-state index in [4.69, 9.17) is 4.74 Å². The molecule has 0 fully saturated rings. The second kappa shape index (κ2) is 9.37. The van der Waals surface area contributed by atoms with Crippen LogP contribution in [0.2, 0.25) is 0 Å². The molecule has 1 aromatic carbocycles. The van der Waals surface area contributed by atoms with Crippen LogP contribution in [0.5, 0.6) is 5.75 Å².